The average Bonchev–Trinajstić information content (AvgIpc) is 2.94. The normalized spacial score (nSPS) is 18.5. The number of carbonyl (C=O) groups excluding carboxylic acids is 1. The van der Waals surface area contributed by atoms with Crippen molar-refractivity contribution in [3.05, 3.63) is 34.9 Å². The predicted molar refractivity (Wildman–Crippen MR) is 91.9 cm³/mol. The molecule has 1 saturated heterocycles. The number of amides is 1. The van der Waals surface area contributed by atoms with Crippen LogP contribution in [0.4, 0.5) is 5.13 Å². The summed E-state index contributed by atoms with van der Waals surface area (Å²) < 4.78 is 5.88. The van der Waals surface area contributed by atoms with Crippen LogP contribution in [0.2, 0.25) is 0 Å². The summed E-state index contributed by atoms with van der Waals surface area (Å²) in [6.45, 7) is 6.67. The lowest BCUT2D eigenvalue weighted by Gasteiger charge is -2.32. The maximum absolute atomic E-state index is 11.1. The Hall–Kier alpha value is -1.90. The second-order valence-electron chi connectivity index (χ2n) is 5.84. The number of morpholine rings is 1. The minimum atomic E-state index is -0.0949. The van der Waals surface area contributed by atoms with Gasteiger partial charge in [-0.1, -0.05) is 0 Å². The molecular formula is C16H21N5O2S. The van der Waals surface area contributed by atoms with Gasteiger partial charge in [-0.05, 0) is 13.0 Å². The number of ether oxygens (including phenoxy) is 1. The van der Waals surface area contributed by atoms with Crippen LogP contribution in [-0.4, -0.2) is 51.6 Å². The summed E-state index contributed by atoms with van der Waals surface area (Å²) in [7, 11) is 0. The van der Waals surface area contributed by atoms with Gasteiger partial charge in [0.2, 0.25) is 5.91 Å². The van der Waals surface area contributed by atoms with Gasteiger partial charge in [-0.3, -0.25) is 9.69 Å². The molecule has 2 aromatic rings. The Bertz CT molecular complexity index is 705. The summed E-state index contributed by atoms with van der Waals surface area (Å²) in [5, 5.41) is 3.37. The standard InChI is InChI=1S/C16H21N5O2S/c1-11-17-4-3-13(19-11)7-14-9-21(5-6-23-14)10-15-8-18-16(24-15)20-12(2)22/h3-4,8,14H,5-7,9-10H2,1-2H3,(H,18,20,22). The van der Waals surface area contributed by atoms with Crippen LogP contribution in [0, 0.1) is 6.92 Å². The molecule has 1 N–H and O–H groups in total. The van der Waals surface area contributed by atoms with E-state index in [1.165, 1.54) is 18.3 Å². The molecule has 1 amide bonds. The Morgan fingerprint density at radius 2 is 2.38 bits per heavy atom. The molecule has 0 aromatic carbocycles. The first-order chi connectivity index (χ1) is 11.6. The molecule has 0 spiro atoms. The van der Waals surface area contributed by atoms with Crippen molar-refractivity contribution in [2.45, 2.75) is 32.9 Å². The fraction of sp³-hybridized carbons (Fsp3) is 0.500. The minimum Gasteiger partial charge on any atom is -0.375 e. The third kappa shape index (κ3) is 4.80. The van der Waals surface area contributed by atoms with Crippen molar-refractivity contribution in [2.24, 2.45) is 0 Å². The number of thiazole rings is 1. The van der Waals surface area contributed by atoms with E-state index in [9.17, 15) is 4.79 Å². The zero-order chi connectivity index (χ0) is 16.9. The van der Waals surface area contributed by atoms with E-state index in [2.05, 4.69) is 25.2 Å². The summed E-state index contributed by atoms with van der Waals surface area (Å²) in [5.41, 5.74) is 1.01. The summed E-state index contributed by atoms with van der Waals surface area (Å²) in [6, 6.07) is 1.94. The first kappa shape index (κ1) is 16.9. The number of nitrogens with one attached hydrogen (secondary N) is 1. The number of aromatic nitrogens is 3. The molecule has 2 aromatic heterocycles. The van der Waals surface area contributed by atoms with Gasteiger partial charge in [-0.15, -0.1) is 11.3 Å². The van der Waals surface area contributed by atoms with Crippen molar-refractivity contribution in [1.29, 1.82) is 0 Å². The fourth-order valence-electron chi connectivity index (χ4n) is 2.71. The molecule has 1 aliphatic rings. The largest absolute Gasteiger partial charge is 0.375 e. The quantitative estimate of drug-likeness (QED) is 0.886. The highest BCUT2D eigenvalue weighted by Gasteiger charge is 2.22. The lowest BCUT2D eigenvalue weighted by atomic mass is 10.1. The Labute approximate surface area is 145 Å². The van der Waals surface area contributed by atoms with Crippen LogP contribution in [0.25, 0.3) is 0 Å². The summed E-state index contributed by atoms with van der Waals surface area (Å²) >= 11 is 1.52. The Morgan fingerprint density at radius 3 is 3.17 bits per heavy atom. The van der Waals surface area contributed by atoms with Gasteiger partial charge in [0.15, 0.2) is 5.13 Å². The molecule has 0 saturated carbocycles. The lowest BCUT2D eigenvalue weighted by molar-refractivity contribution is -0.114. The molecule has 8 heteroatoms. The van der Waals surface area contributed by atoms with Crippen LogP contribution in [0.3, 0.4) is 0 Å². The van der Waals surface area contributed by atoms with Gasteiger partial charge < -0.3 is 10.1 Å². The van der Waals surface area contributed by atoms with Gasteiger partial charge in [0, 0.05) is 55.9 Å². The average molecular weight is 347 g/mol. The Balaban J connectivity index is 1.55. The summed E-state index contributed by atoms with van der Waals surface area (Å²) in [4.78, 5) is 27.4. The molecule has 0 radical (unpaired) electrons. The molecule has 128 valence electrons. The number of hydrogen-bond donors (Lipinski definition) is 1. The predicted octanol–water partition coefficient (Wildman–Crippen LogP) is 1.64. The molecule has 3 heterocycles. The minimum absolute atomic E-state index is 0.0949. The van der Waals surface area contributed by atoms with Crippen molar-refractivity contribution in [1.82, 2.24) is 19.9 Å². The monoisotopic (exact) mass is 347 g/mol. The van der Waals surface area contributed by atoms with Gasteiger partial charge in [0.05, 0.1) is 12.7 Å². The highest BCUT2D eigenvalue weighted by Crippen LogP contribution is 2.21. The highest BCUT2D eigenvalue weighted by molar-refractivity contribution is 7.15. The van der Waals surface area contributed by atoms with Crippen LogP contribution in [0.15, 0.2) is 18.5 Å². The number of anilines is 1. The van der Waals surface area contributed by atoms with E-state index in [0.717, 1.165) is 42.5 Å². The topological polar surface area (TPSA) is 80.2 Å². The molecule has 24 heavy (non-hydrogen) atoms. The van der Waals surface area contributed by atoms with Crippen LogP contribution in [0.1, 0.15) is 23.3 Å². The molecule has 1 aliphatic heterocycles. The van der Waals surface area contributed by atoms with Crippen LogP contribution in [-0.2, 0) is 22.5 Å². The third-order valence-corrected chi connectivity index (χ3v) is 4.61. The molecule has 7 nitrogen and oxygen atoms in total. The second kappa shape index (κ2) is 7.78. The number of carbonyl (C=O) groups is 1. The number of aryl methyl sites for hydroxylation is 1. The maximum atomic E-state index is 11.1. The van der Waals surface area contributed by atoms with Crippen molar-refractivity contribution in [2.75, 3.05) is 25.0 Å². The van der Waals surface area contributed by atoms with Crippen LogP contribution >= 0.6 is 11.3 Å². The summed E-state index contributed by atoms with van der Waals surface area (Å²) in [6.07, 6.45) is 4.54. The molecule has 0 aliphatic carbocycles. The zero-order valence-electron chi connectivity index (χ0n) is 13.9. The Kier molecular flexibility index (Phi) is 5.49. The number of hydrogen-bond acceptors (Lipinski definition) is 7. The van der Waals surface area contributed by atoms with E-state index < -0.39 is 0 Å². The van der Waals surface area contributed by atoms with E-state index in [4.69, 9.17) is 4.74 Å². The van der Waals surface area contributed by atoms with Crippen molar-refractivity contribution in [3.8, 4) is 0 Å². The smallest absolute Gasteiger partial charge is 0.223 e. The van der Waals surface area contributed by atoms with E-state index in [1.807, 2.05) is 19.2 Å². The maximum Gasteiger partial charge on any atom is 0.223 e. The van der Waals surface area contributed by atoms with Gasteiger partial charge >= 0.3 is 0 Å². The van der Waals surface area contributed by atoms with Crippen molar-refractivity contribution < 1.29 is 9.53 Å². The van der Waals surface area contributed by atoms with E-state index in [-0.39, 0.29) is 12.0 Å². The zero-order valence-corrected chi connectivity index (χ0v) is 14.7. The van der Waals surface area contributed by atoms with Crippen LogP contribution < -0.4 is 5.32 Å². The van der Waals surface area contributed by atoms with Gasteiger partial charge in [0.1, 0.15) is 5.82 Å². The third-order valence-electron chi connectivity index (χ3n) is 3.71. The van der Waals surface area contributed by atoms with E-state index >= 15 is 0 Å². The molecule has 0 bridgehead atoms. The first-order valence-electron chi connectivity index (χ1n) is 7.93. The van der Waals surface area contributed by atoms with E-state index in [1.54, 1.807) is 6.20 Å². The molecule has 1 atom stereocenters. The molecule has 3 rings (SSSR count). The van der Waals surface area contributed by atoms with Gasteiger partial charge in [-0.2, -0.15) is 0 Å². The van der Waals surface area contributed by atoms with Gasteiger partial charge in [0.25, 0.3) is 0 Å². The number of rotatable bonds is 5. The summed E-state index contributed by atoms with van der Waals surface area (Å²) in [5.74, 6) is 0.692. The highest BCUT2D eigenvalue weighted by atomic mass is 32.1. The Morgan fingerprint density at radius 1 is 1.50 bits per heavy atom. The molecule has 1 unspecified atom stereocenters. The van der Waals surface area contributed by atoms with Gasteiger partial charge in [-0.25, -0.2) is 15.0 Å². The van der Waals surface area contributed by atoms with Crippen molar-refractivity contribution in [3.63, 3.8) is 0 Å². The first-order valence-corrected chi connectivity index (χ1v) is 8.75. The van der Waals surface area contributed by atoms with Crippen LogP contribution in [0.5, 0.6) is 0 Å². The van der Waals surface area contributed by atoms with E-state index in [0.29, 0.717) is 11.7 Å². The lowest BCUT2D eigenvalue weighted by Crippen LogP contribution is -2.42. The van der Waals surface area contributed by atoms with Crippen molar-refractivity contribution >= 4 is 22.4 Å². The SMILES string of the molecule is CC(=O)Nc1ncc(CN2CCOC(Cc3ccnc(C)n3)C2)s1. The molecular weight excluding hydrogens is 326 g/mol. The number of nitrogens with zero attached hydrogens (tertiary/aromatic N) is 4. The second-order valence-corrected chi connectivity index (χ2v) is 6.96. The molecule has 1 fully saturated rings. The fourth-order valence-corrected chi connectivity index (χ4v) is 3.61.